The van der Waals surface area contributed by atoms with Crippen molar-refractivity contribution in [3.63, 3.8) is 0 Å². The SMILES string of the molecule is CC(C)(C)CC(C)(C)c1ccccc1C(C)(C)OC1CC2CCC1C2. The largest absolute Gasteiger partial charge is 0.367 e. The second-order valence-electron chi connectivity index (χ2n) is 11.0. The third kappa shape index (κ3) is 4.13. The Morgan fingerprint density at radius 3 is 2.04 bits per heavy atom. The van der Waals surface area contributed by atoms with Crippen LogP contribution in [0.15, 0.2) is 24.3 Å². The minimum atomic E-state index is -0.221. The lowest BCUT2D eigenvalue weighted by Crippen LogP contribution is -2.35. The molecule has 25 heavy (non-hydrogen) atoms. The Labute approximate surface area is 155 Å². The van der Waals surface area contributed by atoms with E-state index in [0.29, 0.717) is 11.5 Å². The molecule has 2 aliphatic carbocycles. The Morgan fingerprint density at radius 1 is 0.880 bits per heavy atom. The van der Waals surface area contributed by atoms with Crippen LogP contribution in [0.25, 0.3) is 0 Å². The summed E-state index contributed by atoms with van der Waals surface area (Å²) in [5.41, 5.74) is 3.07. The first-order valence-electron chi connectivity index (χ1n) is 10.3. The number of ether oxygens (including phenoxy) is 1. The van der Waals surface area contributed by atoms with Gasteiger partial charge < -0.3 is 4.74 Å². The summed E-state index contributed by atoms with van der Waals surface area (Å²) in [6.07, 6.45) is 7.12. The molecule has 2 bridgehead atoms. The fourth-order valence-corrected chi connectivity index (χ4v) is 5.79. The molecule has 0 saturated heterocycles. The number of rotatable bonds is 5. The van der Waals surface area contributed by atoms with Gasteiger partial charge in [0.15, 0.2) is 0 Å². The molecule has 2 saturated carbocycles. The Balaban J connectivity index is 1.86. The van der Waals surface area contributed by atoms with Crippen LogP contribution in [-0.4, -0.2) is 6.10 Å². The first-order chi connectivity index (χ1) is 11.5. The van der Waals surface area contributed by atoms with Crippen molar-refractivity contribution in [3.8, 4) is 0 Å². The minimum Gasteiger partial charge on any atom is -0.367 e. The molecular formula is C24H38O. The highest BCUT2D eigenvalue weighted by Gasteiger charge is 2.43. The smallest absolute Gasteiger partial charge is 0.0882 e. The van der Waals surface area contributed by atoms with E-state index in [-0.39, 0.29) is 11.0 Å². The second-order valence-corrected chi connectivity index (χ2v) is 11.0. The monoisotopic (exact) mass is 342 g/mol. The van der Waals surface area contributed by atoms with Crippen molar-refractivity contribution >= 4 is 0 Å². The molecule has 3 unspecified atom stereocenters. The average Bonchev–Trinajstić information content (AvgIpc) is 3.07. The predicted octanol–water partition coefficient (Wildman–Crippen LogP) is 6.84. The van der Waals surface area contributed by atoms with Crippen LogP contribution < -0.4 is 0 Å². The minimum absolute atomic E-state index is 0.143. The summed E-state index contributed by atoms with van der Waals surface area (Å²) in [7, 11) is 0. The van der Waals surface area contributed by atoms with Crippen molar-refractivity contribution in [3.05, 3.63) is 35.4 Å². The lowest BCUT2D eigenvalue weighted by atomic mass is 9.69. The zero-order chi connectivity index (χ0) is 18.5. The van der Waals surface area contributed by atoms with Gasteiger partial charge in [0.2, 0.25) is 0 Å². The number of fused-ring (bicyclic) bond motifs is 2. The Kier molecular flexibility index (Phi) is 4.86. The molecule has 140 valence electrons. The van der Waals surface area contributed by atoms with Gasteiger partial charge in [-0.1, -0.05) is 58.9 Å². The van der Waals surface area contributed by atoms with E-state index in [1.54, 1.807) is 0 Å². The average molecular weight is 343 g/mol. The Hall–Kier alpha value is -0.820. The molecule has 1 aromatic carbocycles. The fourth-order valence-electron chi connectivity index (χ4n) is 5.79. The van der Waals surface area contributed by atoms with Crippen LogP contribution >= 0.6 is 0 Å². The van der Waals surface area contributed by atoms with Gasteiger partial charge in [0.1, 0.15) is 0 Å². The molecule has 1 nitrogen and oxygen atoms in total. The Morgan fingerprint density at radius 2 is 1.52 bits per heavy atom. The molecule has 0 spiro atoms. The lowest BCUT2D eigenvalue weighted by Gasteiger charge is -2.39. The molecule has 0 heterocycles. The highest BCUT2D eigenvalue weighted by Crippen LogP contribution is 2.49. The van der Waals surface area contributed by atoms with Gasteiger partial charge in [-0.15, -0.1) is 0 Å². The molecule has 3 rings (SSSR count). The summed E-state index contributed by atoms with van der Waals surface area (Å²) in [4.78, 5) is 0. The van der Waals surface area contributed by atoms with Crippen molar-refractivity contribution in [2.24, 2.45) is 17.3 Å². The molecule has 0 amide bonds. The van der Waals surface area contributed by atoms with E-state index >= 15 is 0 Å². The molecule has 1 aromatic rings. The van der Waals surface area contributed by atoms with Gasteiger partial charge in [-0.25, -0.2) is 0 Å². The van der Waals surface area contributed by atoms with Crippen LogP contribution in [0.5, 0.6) is 0 Å². The van der Waals surface area contributed by atoms with Gasteiger partial charge in [-0.2, -0.15) is 0 Å². The number of benzene rings is 1. The van der Waals surface area contributed by atoms with Crippen LogP contribution in [0.1, 0.15) is 91.7 Å². The third-order valence-corrected chi connectivity index (χ3v) is 6.40. The summed E-state index contributed by atoms with van der Waals surface area (Å²) in [5, 5.41) is 0. The van der Waals surface area contributed by atoms with Gasteiger partial charge in [0.05, 0.1) is 11.7 Å². The van der Waals surface area contributed by atoms with Crippen molar-refractivity contribution < 1.29 is 4.74 Å². The van der Waals surface area contributed by atoms with Crippen LogP contribution in [0, 0.1) is 17.3 Å². The fraction of sp³-hybridized carbons (Fsp3) is 0.750. The number of hydrogen-bond acceptors (Lipinski definition) is 1. The quantitative estimate of drug-likeness (QED) is 0.569. The molecule has 2 fully saturated rings. The molecule has 2 aliphatic rings. The summed E-state index contributed by atoms with van der Waals surface area (Å²) in [6.45, 7) is 16.4. The van der Waals surface area contributed by atoms with Gasteiger partial charge >= 0.3 is 0 Å². The predicted molar refractivity (Wildman–Crippen MR) is 107 cm³/mol. The van der Waals surface area contributed by atoms with Gasteiger partial charge in [-0.05, 0) is 79.7 Å². The Bertz CT molecular complexity index is 605. The molecule has 0 aromatic heterocycles. The highest BCUT2D eigenvalue weighted by molar-refractivity contribution is 5.37. The van der Waals surface area contributed by atoms with Crippen molar-refractivity contribution in [2.45, 2.75) is 97.7 Å². The van der Waals surface area contributed by atoms with E-state index in [4.69, 9.17) is 4.74 Å². The number of hydrogen-bond donors (Lipinski definition) is 0. The van der Waals surface area contributed by atoms with Gasteiger partial charge in [-0.3, -0.25) is 0 Å². The highest BCUT2D eigenvalue weighted by atomic mass is 16.5. The first-order valence-corrected chi connectivity index (χ1v) is 10.3. The molecule has 0 aliphatic heterocycles. The third-order valence-electron chi connectivity index (χ3n) is 6.40. The van der Waals surface area contributed by atoms with Gasteiger partial charge in [0, 0.05) is 0 Å². The first kappa shape index (κ1) is 19.0. The molecule has 0 radical (unpaired) electrons. The van der Waals surface area contributed by atoms with E-state index in [0.717, 1.165) is 11.8 Å². The van der Waals surface area contributed by atoms with Gasteiger partial charge in [0.25, 0.3) is 0 Å². The van der Waals surface area contributed by atoms with E-state index in [1.807, 2.05) is 0 Å². The molecule has 3 atom stereocenters. The molecular weight excluding hydrogens is 304 g/mol. The second kappa shape index (κ2) is 6.41. The maximum atomic E-state index is 6.78. The summed E-state index contributed by atoms with van der Waals surface area (Å²) < 4.78 is 6.78. The normalized spacial score (nSPS) is 27.1. The van der Waals surface area contributed by atoms with E-state index < -0.39 is 0 Å². The molecule has 1 heteroatoms. The van der Waals surface area contributed by atoms with Crippen molar-refractivity contribution in [2.75, 3.05) is 0 Å². The maximum absolute atomic E-state index is 6.78. The zero-order valence-electron chi connectivity index (χ0n) is 17.5. The standard InChI is InChI=1S/C24H38O/c1-22(2,3)16-23(4,5)19-10-8-9-11-20(19)24(6,7)25-21-15-17-12-13-18(21)14-17/h8-11,17-18,21H,12-16H2,1-7H3. The van der Waals surface area contributed by atoms with E-state index in [9.17, 15) is 0 Å². The van der Waals surface area contributed by atoms with Crippen molar-refractivity contribution in [1.29, 1.82) is 0 Å². The summed E-state index contributed by atoms with van der Waals surface area (Å²) in [5.74, 6) is 1.73. The summed E-state index contributed by atoms with van der Waals surface area (Å²) in [6, 6.07) is 8.99. The van der Waals surface area contributed by atoms with E-state index in [1.165, 1.54) is 43.2 Å². The zero-order valence-corrected chi connectivity index (χ0v) is 17.5. The van der Waals surface area contributed by atoms with Crippen LogP contribution in [0.3, 0.4) is 0 Å². The van der Waals surface area contributed by atoms with E-state index in [2.05, 4.69) is 72.7 Å². The summed E-state index contributed by atoms with van der Waals surface area (Å²) >= 11 is 0. The van der Waals surface area contributed by atoms with Crippen LogP contribution in [-0.2, 0) is 15.8 Å². The van der Waals surface area contributed by atoms with Crippen LogP contribution in [0.4, 0.5) is 0 Å². The topological polar surface area (TPSA) is 9.23 Å². The van der Waals surface area contributed by atoms with Crippen LogP contribution in [0.2, 0.25) is 0 Å². The maximum Gasteiger partial charge on any atom is 0.0882 e. The van der Waals surface area contributed by atoms with Crippen molar-refractivity contribution in [1.82, 2.24) is 0 Å². The lowest BCUT2D eigenvalue weighted by molar-refractivity contribution is -0.0976. The molecule has 0 N–H and O–H groups in total.